The third kappa shape index (κ3) is 4.34. The second kappa shape index (κ2) is 7.47. The lowest BCUT2D eigenvalue weighted by Crippen LogP contribution is -2.24. The summed E-state index contributed by atoms with van der Waals surface area (Å²) in [5, 5.41) is 3.22. The molecule has 0 spiro atoms. The van der Waals surface area contributed by atoms with E-state index in [1.807, 2.05) is 6.92 Å². The van der Waals surface area contributed by atoms with Crippen LogP contribution in [-0.2, 0) is 6.42 Å². The Labute approximate surface area is 140 Å². The Balaban J connectivity index is 2.35. The molecular weight excluding hydrogens is 404 g/mol. The van der Waals surface area contributed by atoms with E-state index in [-0.39, 0.29) is 17.7 Å². The molecule has 1 nitrogen and oxygen atoms in total. The highest BCUT2D eigenvalue weighted by atomic mass is 79.9. The van der Waals surface area contributed by atoms with Crippen molar-refractivity contribution in [2.45, 2.75) is 19.4 Å². The predicted octanol–water partition coefficient (Wildman–Crippen LogP) is 5.38. The van der Waals surface area contributed by atoms with Gasteiger partial charge in [-0.3, -0.25) is 0 Å². The van der Waals surface area contributed by atoms with Crippen molar-refractivity contribution in [2.24, 2.45) is 0 Å². The van der Waals surface area contributed by atoms with Crippen molar-refractivity contribution in [1.29, 1.82) is 0 Å². The molecule has 0 bridgehead atoms. The van der Waals surface area contributed by atoms with Gasteiger partial charge in [0, 0.05) is 20.6 Å². The zero-order valence-corrected chi connectivity index (χ0v) is 14.6. The molecule has 2 aromatic carbocycles. The van der Waals surface area contributed by atoms with Gasteiger partial charge in [-0.25, -0.2) is 8.78 Å². The molecule has 0 aliphatic rings. The molecule has 5 heteroatoms. The first-order valence-corrected chi connectivity index (χ1v) is 8.22. The number of likely N-dealkylation sites (N-methyl/N-ethyl adjacent to an activating group) is 1. The van der Waals surface area contributed by atoms with Crippen molar-refractivity contribution >= 4 is 31.9 Å². The molecule has 0 fully saturated rings. The molecule has 112 valence electrons. The van der Waals surface area contributed by atoms with Gasteiger partial charge >= 0.3 is 0 Å². The maximum absolute atomic E-state index is 14.1. The number of hydrogen-bond acceptors (Lipinski definition) is 1. The molecule has 21 heavy (non-hydrogen) atoms. The molecule has 0 aromatic heterocycles. The summed E-state index contributed by atoms with van der Waals surface area (Å²) < 4.78 is 29.6. The Morgan fingerprint density at radius 2 is 1.62 bits per heavy atom. The van der Waals surface area contributed by atoms with Crippen LogP contribution in [0.4, 0.5) is 8.78 Å². The van der Waals surface area contributed by atoms with Crippen LogP contribution < -0.4 is 5.32 Å². The second-order valence-electron chi connectivity index (χ2n) is 4.72. The SMILES string of the molecule is CCNC(Cc1cc(Br)ccc1F)c1cc(Br)ccc1F. The molecular formula is C16H15Br2F2N. The van der Waals surface area contributed by atoms with Crippen molar-refractivity contribution in [1.82, 2.24) is 5.32 Å². The van der Waals surface area contributed by atoms with E-state index < -0.39 is 0 Å². The van der Waals surface area contributed by atoms with Crippen LogP contribution in [0.25, 0.3) is 0 Å². The summed E-state index contributed by atoms with van der Waals surface area (Å²) in [6, 6.07) is 9.33. The topological polar surface area (TPSA) is 12.0 Å². The Bertz CT molecular complexity index is 632. The van der Waals surface area contributed by atoms with Crippen LogP contribution in [0, 0.1) is 11.6 Å². The third-order valence-electron chi connectivity index (χ3n) is 3.22. The van der Waals surface area contributed by atoms with E-state index in [4.69, 9.17) is 0 Å². The summed E-state index contributed by atoms with van der Waals surface area (Å²) in [6.45, 7) is 2.62. The molecule has 0 saturated heterocycles. The van der Waals surface area contributed by atoms with E-state index in [0.29, 0.717) is 24.1 Å². The Hall–Kier alpha value is -0.780. The number of benzene rings is 2. The molecule has 1 atom stereocenters. The van der Waals surface area contributed by atoms with E-state index in [1.54, 1.807) is 24.3 Å². The molecule has 0 radical (unpaired) electrons. The summed E-state index contributed by atoms with van der Waals surface area (Å²) >= 11 is 6.69. The van der Waals surface area contributed by atoms with E-state index >= 15 is 0 Å². The average Bonchev–Trinajstić information content (AvgIpc) is 2.45. The molecule has 0 saturated carbocycles. The fourth-order valence-electron chi connectivity index (χ4n) is 2.24. The summed E-state index contributed by atoms with van der Waals surface area (Å²) in [4.78, 5) is 0. The summed E-state index contributed by atoms with van der Waals surface area (Å²) in [5.74, 6) is -0.573. The molecule has 2 rings (SSSR count). The van der Waals surface area contributed by atoms with Crippen molar-refractivity contribution in [3.63, 3.8) is 0 Å². The normalized spacial score (nSPS) is 12.4. The zero-order chi connectivity index (χ0) is 15.4. The number of halogens is 4. The van der Waals surface area contributed by atoms with Gasteiger partial charge in [-0.15, -0.1) is 0 Å². The standard InChI is InChI=1S/C16H15Br2F2N/c1-2-21-16(13-9-12(18)4-6-15(13)20)8-10-7-11(17)3-5-14(10)19/h3-7,9,16,21H,2,8H2,1H3. The smallest absolute Gasteiger partial charge is 0.128 e. The Morgan fingerprint density at radius 1 is 1.00 bits per heavy atom. The fourth-order valence-corrected chi connectivity index (χ4v) is 3.03. The molecule has 0 heterocycles. The number of hydrogen-bond donors (Lipinski definition) is 1. The van der Waals surface area contributed by atoms with Gasteiger partial charge in [-0.1, -0.05) is 38.8 Å². The lowest BCUT2D eigenvalue weighted by molar-refractivity contribution is 0.498. The first kappa shape index (κ1) is 16.6. The highest BCUT2D eigenvalue weighted by Gasteiger charge is 2.18. The van der Waals surface area contributed by atoms with Gasteiger partial charge < -0.3 is 5.32 Å². The summed E-state index contributed by atoms with van der Waals surface area (Å²) in [6.07, 6.45) is 0.381. The monoisotopic (exact) mass is 417 g/mol. The maximum Gasteiger partial charge on any atom is 0.128 e. The van der Waals surface area contributed by atoms with Crippen molar-refractivity contribution < 1.29 is 8.78 Å². The van der Waals surface area contributed by atoms with E-state index in [9.17, 15) is 8.78 Å². The highest BCUT2D eigenvalue weighted by Crippen LogP contribution is 2.26. The van der Waals surface area contributed by atoms with Crippen molar-refractivity contribution in [3.05, 3.63) is 68.1 Å². The second-order valence-corrected chi connectivity index (χ2v) is 6.55. The molecule has 0 aliphatic heterocycles. The van der Waals surface area contributed by atoms with Gasteiger partial charge in [0.2, 0.25) is 0 Å². The van der Waals surface area contributed by atoms with Crippen LogP contribution in [0.5, 0.6) is 0 Å². The van der Waals surface area contributed by atoms with E-state index in [0.717, 1.165) is 8.95 Å². The molecule has 0 aliphatic carbocycles. The summed E-state index contributed by atoms with van der Waals surface area (Å²) in [7, 11) is 0. The zero-order valence-electron chi connectivity index (χ0n) is 11.5. The van der Waals surface area contributed by atoms with Crippen LogP contribution in [0.15, 0.2) is 45.3 Å². The molecule has 1 unspecified atom stereocenters. The minimum atomic E-state index is -0.292. The minimum Gasteiger partial charge on any atom is -0.310 e. The van der Waals surface area contributed by atoms with Crippen LogP contribution in [0.2, 0.25) is 0 Å². The largest absolute Gasteiger partial charge is 0.310 e. The lowest BCUT2D eigenvalue weighted by Gasteiger charge is -2.20. The van der Waals surface area contributed by atoms with Crippen LogP contribution >= 0.6 is 31.9 Å². The Kier molecular flexibility index (Phi) is 5.90. The van der Waals surface area contributed by atoms with Crippen molar-refractivity contribution in [3.8, 4) is 0 Å². The van der Waals surface area contributed by atoms with Gasteiger partial charge in [-0.05, 0) is 54.9 Å². The predicted molar refractivity (Wildman–Crippen MR) is 88.3 cm³/mol. The summed E-state index contributed by atoms with van der Waals surface area (Å²) in [5.41, 5.74) is 1.08. The van der Waals surface area contributed by atoms with Gasteiger partial charge in [0.05, 0.1) is 0 Å². The first-order chi connectivity index (χ1) is 10.0. The molecule has 0 amide bonds. The lowest BCUT2D eigenvalue weighted by atomic mass is 9.98. The number of rotatable bonds is 5. The molecule has 2 aromatic rings. The maximum atomic E-state index is 14.1. The van der Waals surface area contributed by atoms with Crippen LogP contribution in [-0.4, -0.2) is 6.54 Å². The van der Waals surface area contributed by atoms with Gasteiger partial charge in [0.15, 0.2) is 0 Å². The van der Waals surface area contributed by atoms with Crippen molar-refractivity contribution in [2.75, 3.05) is 6.54 Å². The fraction of sp³-hybridized carbons (Fsp3) is 0.250. The van der Waals surface area contributed by atoms with Gasteiger partial charge in [0.25, 0.3) is 0 Å². The van der Waals surface area contributed by atoms with Gasteiger partial charge in [0.1, 0.15) is 11.6 Å². The first-order valence-electron chi connectivity index (χ1n) is 6.63. The average molecular weight is 419 g/mol. The number of nitrogens with one attached hydrogen (secondary N) is 1. The minimum absolute atomic E-state index is 0.281. The molecule has 1 N–H and O–H groups in total. The van der Waals surface area contributed by atoms with E-state index in [2.05, 4.69) is 37.2 Å². The van der Waals surface area contributed by atoms with Crippen LogP contribution in [0.3, 0.4) is 0 Å². The van der Waals surface area contributed by atoms with E-state index in [1.165, 1.54) is 12.1 Å². The van der Waals surface area contributed by atoms with Crippen LogP contribution in [0.1, 0.15) is 24.1 Å². The highest BCUT2D eigenvalue weighted by molar-refractivity contribution is 9.10. The van der Waals surface area contributed by atoms with Gasteiger partial charge in [-0.2, -0.15) is 0 Å². The quantitative estimate of drug-likeness (QED) is 0.686. The third-order valence-corrected chi connectivity index (χ3v) is 4.20. The Morgan fingerprint density at radius 3 is 2.29 bits per heavy atom.